The summed E-state index contributed by atoms with van der Waals surface area (Å²) in [5.74, 6) is 0.832. The maximum absolute atomic E-state index is 8.83. The Morgan fingerprint density at radius 3 is 2.70 bits per heavy atom. The van der Waals surface area contributed by atoms with Gasteiger partial charge in [-0.1, -0.05) is 48.0 Å². The molecular formula is C17H21NO2. The lowest BCUT2D eigenvalue weighted by atomic mass is 10.1. The molecule has 0 saturated heterocycles. The Morgan fingerprint density at radius 1 is 1.05 bits per heavy atom. The van der Waals surface area contributed by atoms with Crippen molar-refractivity contribution in [3.05, 3.63) is 65.2 Å². The average molecular weight is 271 g/mol. The zero-order valence-corrected chi connectivity index (χ0v) is 11.8. The Bertz CT molecular complexity index is 540. The molecule has 0 spiro atoms. The molecule has 0 saturated carbocycles. The number of aryl methyl sites for hydroxylation is 1. The highest BCUT2D eigenvalue weighted by Crippen LogP contribution is 2.17. The number of aliphatic hydroxyl groups excluding tert-OH is 1. The number of nitrogens with one attached hydrogen (secondary N) is 1. The van der Waals surface area contributed by atoms with Crippen LogP contribution in [0.2, 0.25) is 0 Å². The first-order chi connectivity index (χ1) is 9.79. The second-order valence-corrected chi connectivity index (χ2v) is 4.77. The predicted octanol–water partition coefficient (Wildman–Crippen LogP) is 2.66. The van der Waals surface area contributed by atoms with Crippen LogP contribution in [0.15, 0.2) is 48.5 Å². The van der Waals surface area contributed by atoms with Gasteiger partial charge in [0.15, 0.2) is 0 Å². The van der Waals surface area contributed by atoms with Crippen LogP contribution in [-0.4, -0.2) is 18.3 Å². The fourth-order valence-electron chi connectivity index (χ4n) is 2.11. The normalized spacial score (nSPS) is 10.5. The molecule has 0 fully saturated rings. The maximum Gasteiger partial charge on any atom is 0.123 e. The summed E-state index contributed by atoms with van der Waals surface area (Å²) >= 11 is 0. The van der Waals surface area contributed by atoms with Crippen LogP contribution in [0.3, 0.4) is 0 Å². The zero-order valence-electron chi connectivity index (χ0n) is 11.8. The molecule has 2 aromatic carbocycles. The lowest BCUT2D eigenvalue weighted by Crippen LogP contribution is -2.14. The number of hydrogen-bond donors (Lipinski definition) is 2. The number of ether oxygens (including phenoxy) is 1. The van der Waals surface area contributed by atoms with E-state index in [9.17, 15) is 0 Å². The molecule has 106 valence electrons. The van der Waals surface area contributed by atoms with E-state index in [4.69, 9.17) is 9.84 Å². The minimum absolute atomic E-state index is 0.0328. The lowest BCUT2D eigenvalue weighted by molar-refractivity contribution is 0.200. The fourth-order valence-corrected chi connectivity index (χ4v) is 2.11. The van der Waals surface area contributed by atoms with Gasteiger partial charge in [-0.2, -0.15) is 0 Å². The minimum Gasteiger partial charge on any atom is -0.491 e. The second kappa shape index (κ2) is 7.68. The van der Waals surface area contributed by atoms with E-state index in [1.807, 2.05) is 24.3 Å². The molecule has 3 nitrogen and oxygen atoms in total. The fraction of sp³-hybridized carbons (Fsp3) is 0.294. The van der Waals surface area contributed by atoms with Gasteiger partial charge in [-0.05, 0) is 18.6 Å². The first-order valence-corrected chi connectivity index (χ1v) is 6.87. The van der Waals surface area contributed by atoms with Crippen LogP contribution in [0, 0.1) is 6.92 Å². The van der Waals surface area contributed by atoms with Crippen molar-refractivity contribution in [3.8, 4) is 5.75 Å². The minimum atomic E-state index is 0.0328. The quantitative estimate of drug-likeness (QED) is 0.813. The van der Waals surface area contributed by atoms with Crippen molar-refractivity contribution in [1.29, 1.82) is 0 Å². The van der Waals surface area contributed by atoms with E-state index >= 15 is 0 Å². The predicted molar refractivity (Wildman–Crippen MR) is 80.7 cm³/mol. The van der Waals surface area contributed by atoms with Gasteiger partial charge in [-0.15, -0.1) is 0 Å². The Balaban J connectivity index is 1.90. The van der Waals surface area contributed by atoms with Gasteiger partial charge in [0.1, 0.15) is 12.4 Å². The van der Waals surface area contributed by atoms with E-state index in [0.29, 0.717) is 6.61 Å². The Kier molecular flexibility index (Phi) is 5.59. The van der Waals surface area contributed by atoms with E-state index in [2.05, 4.69) is 36.5 Å². The van der Waals surface area contributed by atoms with E-state index < -0.39 is 0 Å². The molecule has 0 aliphatic rings. The third kappa shape index (κ3) is 4.37. The highest BCUT2D eigenvalue weighted by Gasteiger charge is 2.02. The van der Waals surface area contributed by atoms with E-state index in [1.165, 1.54) is 11.1 Å². The van der Waals surface area contributed by atoms with Crippen LogP contribution in [-0.2, 0) is 13.1 Å². The average Bonchev–Trinajstić information content (AvgIpc) is 2.46. The van der Waals surface area contributed by atoms with E-state index in [1.54, 1.807) is 0 Å². The standard InChI is InChI=1S/C17H21NO2/c1-14-5-4-6-15(11-14)12-18-13-16-7-2-3-8-17(16)20-10-9-19/h2-8,11,18-19H,9-10,12-13H2,1H3. The van der Waals surface area contributed by atoms with E-state index in [-0.39, 0.29) is 6.61 Å². The van der Waals surface area contributed by atoms with Gasteiger partial charge in [0.05, 0.1) is 6.61 Å². The van der Waals surface area contributed by atoms with Crippen molar-refractivity contribution >= 4 is 0 Å². The van der Waals surface area contributed by atoms with Crippen molar-refractivity contribution in [1.82, 2.24) is 5.32 Å². The topological polar surface area (TPSA) is 41.5 Å². The Hall–Kier alpha value is -1.84. The van der Waals surface area contributed by atoms with Crippen LogP contribution in [0.1, 0.15) is 16.7 Å². The summed E-state index contributed by atoms with van der Waals surface area (Å²) < 4.78 is 5.52. The van der Waals surface area contributed by atoms with Crippen LogP contribution in [0.4, 0.5) is 0 Å². The first kappa shape index (κ1) is 14.6. The van der Waals surface area contributed by atoms with Gasteiger partial charge in [-0.3, -0.25) is 0 Å². The molecule has 20 heavy (non-hydrogen) atoms. The molecule has 0 atom stereocenters. The molecule has 0 amide bonds. The Labute approximate surface area is 120 Å². The van der Waals surface area contributed by atoms with Crippen LogP contribution in [0.25, 0.3) is 0 Å². The van der Waals surface area contributed by atoms with Gasteiger partial charge in [0.2, 0.25) is 0 Å². The highest BCUT2D eigenvalue weighted by atomic mass is 16.5. The number of benzene rings is 2. The molecule has 0 aliphatic heterocycles. The number of para-hydroxylation sites is 1. The van der Waals surface area contributed by atoms with Gasteiger partial charge in [0, 0.05) is 18.7 Å². The molecule has 3 heteroatoms. The van der Waals surface area contributed by atoms with Crippen molar-refractivity contribution in [2.45, 2.75) is 20.0 Å². The molecule has 0 bridgehead atoms. The largest absolute Gasteiger partial charge is 0.491 e. The van der Waals surface area contributed by atoms with Crippen LogP contribution >= 0.6 is 0 Å². The van der Waals surface area contributed by atoms with Gasteiger partial charge in [-0.25, -0.2) is 0 Å². The van der Waals surface area contributed by atoms with Crippen molar-refractivity contribution in [2.24, 2.45) is 0 Å². The summed E-state index contributed by atoms with van der Waals surface area (Å²) in [4.78, 5) is 0. The zero-order chi connectivity index (χ0) is 14.2. The molecule has 0 radical (unpaired) electrons. The summed E-state index contributed by atoms with van der Waals surface area (Å²) in [6.07, 6.45) is 0. The molecule has 0 aliphatic carbocycles. The summed E-state index contributed by atoms with van der Waals surface area (Å²) in [7, 11) is 0. The maximum atomic E-state index is 8.83. The second-order valence-electron chi connectivity index (χ2n) is 4.77. The summed E-state index contributed by atoms with van der Waals surface area (Å²) in [5.41, 5.74) is 3.66. The number of aliphatic hydroxyl groups is 1. The van der Waals surface area contributed by atoms with E-state index in [0.717, 1.165) is 24.4 Å². The van der Waals surface area contributed by atoms with Crippen molar-refractivity contribution in [3.63, 3.8) is 0 Å². The molecule has 0 aromatic heterocycles. The Morgan fingerprint density at radius 2 is 1.90 bits per heavy atom. The van der Waals surface area contributed by atoms with Crippen LogP contribution < -0.4 is 10.1 Å². The molecule has 2 N–H and O–H groups in total. The SMILES string of the molecule is Cc1cccc(CNCc2ccccc2OCCO)c1. The van der Waals surface area contributed by atoms with Crippen molar-refractivity contribution in [2.75, 3.05) is 13.2 Å². The monoisotopic (exact) mass is 271 g/mol. The first-order valence-electron chi connectivity index (χ1n) is 6.87. The van der Waals surface area contributed by atoms with Crippen LogP contribution in [0.5, 0.6) is 5.75 Å². The smallest absolute Gasteiger partial charge is 0.123 e. The van der Waals surface area contributed by atoms with Crippen molar-refractivity contribution < 1.29 is 9.84 Å². The summed E-state index contributed by atoms with van der Waals surface area (Å²) in [6, 6.07) is 16.4. The third-order valence-electron chi connectivity index (χ3n) is 3.05. The summed E-state index contributed by atoms with van der Waals surface area (Å²) in [6.45, 7) is 4.03. The molecule has 0 unspecified atom stereocenters. The molecular weight excluding hydrogens is 250 g/mol. The van der Waals surface area contributed by atoms with Gasteiger partial charge < -0.3 is 15.2 Å². The molecule has 2 rings (SSSR count). The summed E-state index contributed by atoms with van der Waals surface area (Å²) in [5, 5.41) is 12.2. The molecule has 0 heterocycles. The van der Waals surface area contributed by atoms with Gasteiger partial charge in [0.25, 0.3) is 0 Å². The highest BCUT2D eigenvalue weighted by molar-refractivity contribution is 5.33. The molecule has 2 aromatic rings. The third-order valence-corrected chi connectivity index (χ3v) is 3.05. The number of hydrogen-bond acceptors (Lipinski definition) is 3. The lowest BCUT2D eigenvalue weighted by Gasteiger charge is -2.11. The van der Waals surface area contributed by atoms with Gasteiger partial charge >= 0.3 is 0 Å². The number of rotatable bonds is 7.